The highest BCUT2D eigenvalue weighted by molar-refractivity contribution is 7.89. The number of aromatic amines is 1. The summed E-state index contributed by atoms with van der Waals surface area (Å²) in [6, 6.07) is 1.96. The highest BCUT2D eigenvalue weighted by Crippen LogP contribution is 2.46. The number of rotatable bonds is 7. The molecule has 28 heavy (non-hydrogen) atoms. The molecule has 3 N–H and O–H groups in total. The largest absolute Gasteiger partial charge is 0.380 e. The molecule has 0 amide bonds. The lowest BCUT2D eigenvalue weighted by molar-refractivity contribution is 0.134. The molecule has 0 aliphatic heterocycles. The number of fused-ring (bicyclic) bond motifs is 3. The van der Waals surface area contributed by atoms with E-state index in [1.807, 2.05) is 23.6 Å². The predicted octanol–water partition coefficient (Wildman–Crippen LogP) is 1.82. The van der Waals surface area contributed by atoms with Gasteiger partial charge in [0, 0.05) is 18.7 Å². The second-order valence-corrected chi connectivity index (χ2v) is 9.30. The number of aromatic nitrogens is 5. The SMILES string of the molecule is CCOCC([C@H]1C[C@@H](CC)[C@@H](c2nnc3cnc4[nH]ccc4n23)C1)S(N)(=O)=O. The van der Waals surface area contributed by atoms with Gasteiger partial charge in [0.1, 0.15) is 11.1 Å². The van der Waals surface area contributed by atoms with Crippen LogP contribution in [0.1, 0.15) is 44.9 Å². The molecule has 1 saturated carbocycles. The summed E-state index contributed by atoms with van der Waals surface area (Å²) in [5.41, 5.74) is 2.39. The molecule has 3 aromatic rings. The van der Waals surface area contributed by atoms with Crippen molar-refractivity contribution in [2.24, 2.45) is 17.0 Å². The highest BCUT2D eigenvalue weighted by atomic mass is 32.2. The van der Waals surface area contributed by atoms with Gasteiger partial charge in [0.05, 0.1) is 18.3 Å². The number of nitrogens with one attached hydrogen (secondary N) is 1. The zero-order valence-corrected chi connectivity index (χ0v) is 16.9. The molecule has 152 valence electrons. The molecule has 9 nitrogen and oxygen atoms in total. The first-order valence-electron chi connectivity index (χ1n) is 9.70. The fraction of sp³-hybridized carbons (Fsp3) is 0.611. The number of ether oxygens (including phenoxy) is 1. The zero-order valence-electron chi connectivity index (χ0n) is 16.1. The molecular weight excluding hydrogens is 380 g/mol. The summed E-state index contributed by atoms with van der Waals surface area (Å²) in [6.07, 6.45) is 5.95. The topological polar surface area (TPSA) is 128 Å². The van der Waals surface area contributed by atoms with Crippen LogP contribution in [0.2, 0.25) is 0 Å². The molecule has 0 bridgehead atoms. The molecule has 0 spiro atoms. The third kappa shape index (κ3) is 3.29. The van der Waals surface area contributed by atoms with Crippen molar-refractivity contribution in [3.05, 3.63) is 24.3 Å². The monoisotopic (exact) mass is 406 g/mol. The Balaban J connectivity index is 1.72. The van der Waals surface area contributed by atoms with E-state index < -0.39 is 15.3 Å². The average Bonchev–Trinajstić information content (AvgIpc) is 3.37. The lowest BCUT2D eigenvalue weighted by Gasteiger charge is -2.21. The lowest BCUT2D eigenvalue weighted by Crippen LogP contribution is -2.38. The van der Waals surface area contributed by atoms with Crippen LogP contribution in [-0.4, -0.2) is 51.4 Å². The Bertz CT molecular complexity index is 1080. The van der Waals surface area contributed by atoms with Crippen molar-refractivity contribution >= 4 is 26.8 Å². The van der Waals surface area contributed by atoms with Gasteiger partial charge in [0.2, 0.25) is 10.0 Å². The molecule has 1 aliphatic rings. The molecule has 1 unspecified atom stereocenters. The summed E-state index contributed by atoms with van der Waals surface area (Å²) in [6.45, 7) is 4.58. The molecule has 0 radical (unpaired) electrons. The third-order valence-corrected chi connectivity index (χ3v) is 7.35. The summed E-state index contributed by atoms with van der Waals surface area (Å²) in [5.74, 6) is 1.22. The minimum Gasteiger partial charge on any atom is -0.380 e. The van der Waals surface area contributed by atoms with Gasteiger partial charge in [-0.05, 0) is 37.7 Å². The first kappa shape index (κ1) is 19.3. The molecular formula is C18H26N6O3S. The molecule has 3 heterocycles. The minimum absolute atomic E-state index is 0.0626. The maximum Gasteiger partial charge on any atom is 0.214 e. The van der Waals surface area contributed by atoms with E-state index in [-0.39, 0.29) is 18.4 Å². The molecule has 4 atom stereocenters. The van der Waals surface area contributed by atoms with Gasteiger partial charge in [0.15, 0.2) is 11.3 Å². The maximum absolute atomic E-state index is 12.2. The maximum atomic E-state index is 12.2. The lowest BCUT2D eigenvalue weighted by atomic mass is 9.93. The number of hydrogen-bond acceptors (Lipinski definition) is 6. The van der Waals surface area contributed by atoms with Crippen molar-refractivity contribution in [2.75, 3.05) is 13.2 Å². The normalized spacial score (nSPS) is 24.3. The fourth-order valence-corrected chi connectivity index (χ4v) is 5.65. The van der Waals surface area contributed by atoms with E-state index in [1.165, 1.54) is 0 Å². The van der Waals surface area contributed by atoms with Crippen molar-refractivity contribution < 1.29 is 13.2 Å². The molecule has 0 saturated heterocycles. The Morgan fingerprint density at radius 2 is 2.18 bits per heavy atom. The van der Waals surface area contributed by atoms with E-state index in [0.29, 0.717) is 24.6 Å². The van der Waals surface area contributed by atoms with Crippen molar-refractivity contribution in [1.29, 1.82) is 0 Å². The summed E-state index contributed by atoms with van der Waals surface area (Å²) in [4.78, 5) is 7.48. The van der Waals surface area contributed by atoms with E-state index in [1.54, 1.807) is 6.20 Å². The van der Waals surface area contributed by atoms with Crippen LogP contribution in [0, 0.1) is 11.8 Å². The van der Waals surface area contributed by atoms with Gasteiger partial charge >= 0.3 is 0 Å². The molecule has 3 aromatic heterocycles. The third-order valence-electron chi connectivity index (χ3n) is 5.99. The Hall–Kier alpha value is -2.04. The van der Waals surface area contributed by atoms with Crippen LogP contribution in [0.25, 0.3) is 16.8 Å². The standard InChI is InChI=1S/C18H26N6O3S/c1-3-11-7-12(15(10-27-4-2)28(19,25)26)8-13(11)18-23-22-16-9-21-17-14(24(16)18)5-6-20-17/h5-6,9,11-13,15,20H,3-4,7-8,10H2,1-2H3,(H2,19,25,26)/t11-,12+,13+,15?/m1/s1. The van der Waals surface area contributed by atoms with Gasteiger partial charge in [-0.25, -0.2) is 18.5 Å². The van der Waals surface area contributed by atoms with Gasteiger partial charge in [-0.3, -0.25) is 4.40 Å². The quantitative estimate of drug-likeness (QED) is 0.616. The van der Waals surface area contributed by atoms with Crippen LogP contribution in [0.3, 0.4) is 0 Å². The van der Waals surface area contributed by atoms with Crippen LogP contribution in [0.4, 0.5) is 0 Å². The Labute approximate surface area is 163 Å². The Kier molecular flexibility index (Phi) is 5.11. The van der Waals surface area contributed by atoms with Gasteiger partial charge in [-0.15, -0.1) is 10.2 Å². The van der Waals surface area contributed by atoms with Crippen LogP contribution in [-0.2, 0) is 14.8 Å². The summed E-state index contributed by atoms with van der Waals surface area (Å²) >= 11 is 0. The van der Waals surface area contributed by atoms with Crippen molar-refractivity contribution in [2.45, 2.75) is 44.3 Å². The summed E-state index contributed by atoms with van der Waals surface area (Å²) in [5, 5.41) is 13.6. The fourth-order valence-electron chi connectivity index (χ4n) is 4.61. The smallest absolute Gasteiger partial charge is 0.214 e. The second kappa shape index (κ2) is 7.41. The zero-order chi connectivity index (χ0) is 19.9. The number of hydrogen-bond donors (Lipinski definition) is 2. The van der Waals surface area contributed by atoms with Gasteiger partial charge in [-0.1, -0.05) is 13.3 Å². The average molecular weight is 407 g/mol. The van der Waals surface area contributed by atoms with Crippen LogP contribution in [0.5, 0.6) is 0 Å². The van der Waals surface area contributed by atoms with Crippen LogP contribution >= 0.6 is 0 Å². The van der Waals surface area contributed by atoms with Crippen LogP contribution in [0.15, 0.2) is 18.5 Å². The second-order valence-electron chi connectivity index (χ2n) is 7.51. The van der Waals surface area contributed by atoms with Crippen molar-refractivity contribution in [3.8, 4) is 0 Å². The number of nitrogens with zero attached hydrogens (tertiary/aromatic N) is 4. The van der Waals surface area contributed by atoms with Crippen molar-refractivity contribution in [1.82, 2.24) is 24.6 Å². The number of sulfonamides is 1. The molecule has 0 aromatic carbocycles. The van der Waals surface area contributed by atoms with E-state index in [0.717, 1.165) is 29.8 Å². The summed E-state index contributed by atoms with van der Waals surface area (Å²) < 4.78 is 31.9. The predicted molar refractivity (Wildman–Crippen MR) is 105 cm³/mol. The highest BCUT2D eigenvalue weighted by Gasteiger charge is 2.43. The number of H-pyrrole nitrogens is 1. The minimum atomic E-state index is -3.70. The van der Waals surface area contributed by atoms with E-state index in [2.05, 4.69) is 27.1 Å². The molecule has 10 heteroatoms. The van der Waals surface area contributed by atoms with E-state index >= 15 is 0 Å². The van der Waals surface area contributed by atoms with Crippen molar-refractivity contribution in [3.63, 3.8) is 0 Å². The van der Waals surface area contributed by atoms with Gasteiger partial charge in [-0.2, -0.15) is 0 Å². The molecule has 4 rings (SSSR count). The Morgan fingerprint density at radius 1 is 1.36 bits per heavy atom. The first-order valence-corrected chi connectivity index (χ1v) is 11.3. The van der Waals surface area contributed by atoms with E-state index in [4.69, 9.17) is 9.88 Å². The van der Waals surface area contributed by atoms with E-state index in [9.17, 15) is 8.42 Å². The molecule has 1 fully saturated rings. The Morgan fingerprint density at radius 3 is 2.89 bits per heavy atom. The van der Waals surface area contributed by atoms with Crippen LogP contribution < -0.4 is 5.14 Å². The van der Waals surface area contributed by atoms with Gasteiger partial charge in [0.25, 0.3) is 0 Å². The number of primary sulfonamides is 1. The summed E-state index contributed by atoms with van der Waals surface area (Å²) in [7, 11) is -3.70. The van der Waals surface area contributed by atoms with Gasteiger partial charge < -0.3 is 9.72 Å². The number of nitrogens with two attached hydrogens (primary N) is 1. The first-order chi connectivity index (χ1) is 13.4. The molecule has 1 aliphatic carbocycles.